The molecule has 0 aliphatic carbocycles. The molecular weight excluding hydrogens is 253 g/mol. The van der Waals surface area contributed by atoms with E-state index in [-0.39, 0.29) is 0 Å². The molecule has 2 nitrogen and oxygen atoms in total. The number of nitrogens with zero attached hydrogens (tertiary/aromatic N) is 1. The first kappa shape index (κ1) is 16.0. The number of benzene rings is 1. The summed E-state index contributed by atoms with van der Waals surface area (Å²) in [5, 5.41) is 3.29. The van der Waals surface area contributed by atoms with Crippen LogP contribution in [0.3, 0.4) is 0 Å². The van der Waals surface area contributed by atoms with Crippen LogP contribution in [0.1, 0.15) is 24.5 Å². The van der Waals surface area contributed by atoms with Gasteiger partial charge in [-0.1, -0.05) is 19.1 Å². The molecule has 0 aromatic heterocycles. The lowest BCUT2D eigenvalue weighted by Crippen LogP contribution is -2.29. The van der Waals surface area contributed by atoms with E-state index in [9.17, 15) is 13.2 Å². The monoisotopic (exact) mass is 274 g/mol. The topological polar surface area (TPSA) is 15.3 Å². The zero-order valence-electron chi connectivity index (χ0n) is 11.4. The summed E-state index contributed by atoms with van der Waals surface area (Å²) in [7, 11) is 1.96. The highest BCUT2D eigenvalue weighted by molar-refractivity contribution is 5.24. The SMILES string of the molecule is CCCNCCN(C)Cc1ccc(C(F)(F)F)cc1. The molecule has 5 heteroatoms. The summed E-state index contributed by atoms with van der Waals surface area (Å²) in [4.78, 5) is 2.09. The van der Waals surface area contributed by atoms with E-state index in [0.29, 0.717) is 6.54 Å². The van der Waals surface area contributed by atoms with Crippen LogP contribution in [0.2, 0.25) is 0 Å². The number of nitrogens with one attached hydrogen (secondary N) is 1. The molecule has 0 heterocycles. The molecule has 1 rings (SSSR count). The van der Waals surface area contributed by atoms with Gasteiger partial charge in [-0.3, -0.25) is 0 Å². The molecule has 0 saturated carbocycles. The Hall–Kier alpha value is -1.07. The first-order chi connectivity index (χ1) is 8.93. The second-order valence-electron chi connectivity index (χ2n) is 4.68. The third-order valence-corrected chi connectivity index (χ3v) is 2.83. The molecule has 0 aliphatic rings. The van der Waals surface area contributed by atoms with Gasteiger partial charge >= 0.3 is 6.18 Å². The van der Waals surface area contributed by atoms with E-state index < -0.39 is 11.7 Å². The van der Waals surface area contributed by atoms with Crippen LogP contribution in [-0.4, -0.2) is 31.6 Å². The highest BCUT2D eigenvalue weighted by Gasteiger charge is 2.29. The molecule has 0 spiro atoms. The minimum atomic E-state index is -4.26. The summed E-state index contributed by atoms with van der Waals surface area (Å²) in [5.74, 6) is 0. The standard InChI is InChI=1S/C14H21F3N2/c1-3-8-18-9-10-19(2)11-12-4-6-13(7-5-12)14(15,16)17/h4-7,18H,3,8-11H2,1-2H3. The first-order valence-electron chi connectivity index (χ1n) is 6.49. The average molecular weight is 274 g/mol. The normalized spacial score (nSPS) is 12.1. The van der Waals surface area contributed by atoms with Gasteiger partial charge in [-0.05, 0) is 37.7 Å². The van der Waals surface area contributed by atoms with Gasteiger partial charge in [-0.2, -0.15) is 13.2 Å². The van der Waals surface area contributed by atoms with Crippen LogP contribution >= 0.6 is 0 Å². The van der Waals surface area contributed by atoms with Crippen molar-refractivity contribution in [2.45, 2.75) is 26.1 Å². The summed E-state index contributed by atoms with van der Waals surface area (Å²) >= 11 is 0. The molecular formula is C14H21F3N2. The Bertz CT molecular complexity index is 360. The Balaban J connectivity index is 2.40. The van der Waals surface area contributed by atoms with Crippen LogP contribution < -0.4 is 5.32 Å². The smallest absolute Gasteiger partial charge is 0.315 e. The van der Waals surface area contributed by atoms with E-state index in [2.05, 4.69) is 17.1 Å². The molecule has 0 fully saturated rings. The van der Waals surface area contributed by atoms with Crippen molar-refractivity contribution in [3.05, 3.63) is 35.4 Å². The van der Waals surface area contributed by atoms with Crippen molar-refractivity contribution < 1.29 is 13.2 Å². The van der Waals surface area contributed by atoms with E-state index in [4.69, 9.17) is 0 Å². The van der Waals surface area contributed by atoms with Gasteiger partial charge in [-0.25, -0.2) is 0 Å². The molecule has 0 atom stereocenters. The van der Waals surface area contributed by atoms with Crippen molar-refractivity contribution in [1.29, 1.82) is 0 Å². The van der Waals surface area contributed by atoms with Crippen LogP contribution in [0.4, 0.5) is 13.2 Å². The summed E-state index contributed by atoms with van der Waals surface area (Å²) in [6.45, 7) is 5.53. The van der Waals surface area contributed by atoms with Gasteiger partial charge in [0.25, 0.3) is 0 Å². The first-order valence-corrected chi connectivity index (χ1v) is 6.49. The number of alkyl halides is 3. The lowest BCUT2D eigenvalue weighted by Gasteiger charge is -2.17. The van der Waals surface area contributed by atoms with Crippen LogP contribution in [0.15, 0.2) is 24.3 Å². The van der Waals surface area contributed by atoms with Crippen molar-refractivity contribution in [2.75, 3.05) is 26.7 Å². The van der Waals surface area contributed by atoms with Gasteiger partial charge in [0.05, 0.1) is 5.56 Å². The third kappa shape index (κ3) is 6.07. The lowest BCUT2D eigenvalue weighted by atomic mass is 10.1. The van der Waals surface area contributed by atoms with Gasteiger partial charge < -0.3 is 10.2 Å². The second kappa shape index (κ2) is 7.50. The Morgan fingerprint density at radius 3 is 2.26 bits per heavy atom. The Morgan fingerprint density at radius 1 is 1.11 bits per heavy atom. The lowest BCUT2D eigenvalue weighted by molar-refractivity contribution is -0.137. The maximum Gasteiger partial charge on any atom is 0.416 e. The molecule has 0 aliphatic heterocycles. The maximum atomic E-state index is 12.4. The van der Waals surface area contributed by atoms with Crippen LogP contribution in [0.25, 0.3) is 0 Å². The van der Waals surface area contributed by atoms with E-state index in [1.807, 2.05) is 7.05 Å². The third-order valence-electron chi connectivity index (χ3n) is 2.83. The van der Waals surface area contributed by atoms with Crippen molar-refractivity contribution in [2.24, 2.45) is 0 Å². The largest absolute Gasteiger partial charge is 0.416 e. The molecule has 0 unspecified atom stereocenters. The fraction of sp³-hybridized carbons (Fsp3) is 0.571. The van der Waals surface area contributed by atoms with Crippen molar-refractivity contribution >= 4 is 0 Å². The van der Waals surface area contributed by atoms with E-state index >= 15 is 0 Å². The molecule has 1 aromatic carbocycles. The molecule has 19 heavy (non-hydrogen) atoms. The highest BCUT2D eigenvalue weighted by Crippen LogP contribution is 2.29. The number of halogens is 3. The molecule has 1 aromatic rings. The predicted octanol–water partition coefficient (Wildman–Crippen LogP) is 3.14. The van der Waals surface area contributed by atoms with E-state index in [0.717, 1.165) is 43.8 Å². The quantitative estimate of drug-likeness (QED) is 0.768. The van der Waals surface area contributed by atoms with Crippen molar-refractivity contribution in [3.8, 4) is 0 Å². The molecule has 108 valence electrons. The average Bonchev–Trinajstić information content (AvgIpc) is 2.34. The summed E-state index contributed by atoms with van der Waals surface area (Å²) in [6.07, 6.45) is -3.16. The fourth-order valence-electron chi connectivity index (χ4n) is 1.76. The predicted molar refractivity (Wildman–Crippen MR) is 70.9 cm³/mol. The molecule has 1 N–H and O–H groups in total. The Labute approximate surface area is 112 Å². The summed E-state index contributed by atoms with van der Waals surface area (Å²) < 4.78 is 37.2. The summed E-state index contributed by atoms with van der Waals surface area (Å²) in [5.41, 5.74) is 0.300. The number of likely N-dealkylation sites (N-methyl/N-ethyl adjacent to an activating group) is 1. The number of hydrogen-bond acceptors (Lipinski definition) is 2. The maximum absolute atomic E-state index is 12.4. The minimum absolute atomic E-state index is 0.594. The zero-order valence-corrected chi connectivity index (χ0v) is 11.4. The van der Waals surface area contributed by atoms with Gasteiger partial charge in [-0.15, -0.1) is 0 Å². The molecule has 0 bridgehead atoms. The van der Waals surface area contributed by atoms with Crippen molar-refractivity contribution in [3.63, 3.8) is 0 Å². The van der Waals surface area contributed by atoms with Gasteiger partial charge in [0.1, 0.15) is 0 Å². The fourth-order valence-corrected chi connectivity index (χ4v) is 1.76. The molecule has 0 radical (unpaired) electrons. The summed E-state index contributed by atoms with van der Waals surface area (Å²) in [6, 6.07) is 5.36. The van der Waals surface area contributed by atoms with Gasteiger partial charge in [0, 0.05) is 19.6 Å². The molecule has 0 amide bonds. The highest BCUT2D eigenvalue weighted by atomic mass is 19.4. The van der Waals surface area contributed by atoms with E-state index in [1.165, 1.54) is 0 Å². The minimum Gasteiger partial charge on any atom is -0.315 e. The van der Waals surface area contributed by atoms with Gasteiger partial charge in [0.2, 0.25) is 0 Å². The Kier molecular flexibility index (Phi) is 6.31. The number of rotatable bonds is 7. The number of hydrogen-bond donors (Lipinski definition) is 1. The Morgan fingerprint density at radius 2 is 1.74 bits per heavy atom. The second-order valence-corrected chi connectivity index (χ2v) is 4.68. The van der Waals surface area contributed by atoms with Crippen LogP contribution in [0.5, 0.6) is 0 Å². The molecule has 0 saturated heterocycles. The van der Waals surface area contributed by atoms with Crippen LogP contribution in [-0.2, 0) is 12.7 Å². The van der Waals surface area contributed by atoms with Gasteiger partial charge in [0.15, 0.2) is 0 Å². The van der Waals surface area contributed by atoms with E-state index in [1.54, 1.807) is 12.1 Å². The van der Waals surface area contributed by atoms with Crippen molar-refractivity contribution in [1.82, 2.24) is 10.2 Å². The zero-order chi connectivity index (χ0) is 14.3. The van der Waals surface area contributed by atoms with Crippen LogP contribution in [0, 0.1) is 0 Å².